The van der Waals surface area contributed by atoms with Gasteiger partial charge in [0.15, 0.2) is 0 Å². The first-order valence-electron chi connectivity index (χ1n) is 12.1. The second kappa shape index (κ2) is 10.4. The summed E-state index contributed by atoms with van der Waals surface area (Å²) in [6, 6.07) is 34.8. The van der Waals surface area contributed by atoms with Gasteiger partial charge in [-0.05, 0) is 46.8 Å². The molecule has 3 nitrogen and oxygen atoms in total. The Morgan fingerprint density at radius 1 is 0.676 bits per heavy atom. The molecule has 0 bridgehead atoms. The molecule has 1 aromatic heterocycles. The fourth-order valence-corrected chi connectivity index (χ4v) is 4.74. The lowest BCUT2D eigenvalue weighted by molar-refractivity contribution is -0.137. The molecule has 0 aliphatic heterocycles. The van der Waals surface area contributed by atoms with Crippen LogP contribution in [-0.2, 0) is 18.1 Å². The van der Waals surface area contributed by atoms with Crippen molar-refractivity contribution in [2.24, 2.45) is 0 Å². The number of anilines is 1. The number of aromatic nitrogens is 1. The average Bonchev–Trinajstić information content (AvgIpc) is 2.93. The topological polar surface area (TPSA) is 37.0 Å². The summed E-state index contributed by atoms with van der Waals surface area (Å²) in [7, 11) is 0. The lowest BCUT2D eigenvalue weighted by Gasteiger charge is -2.36. The zero-order chi connectivity index (χ0) is 25.7. The summed E-state index contributed by atoms with van der Waals surface area (Å²) >= 11 is 0. The van der Waals surface area contributed by atoms with E-state index in [0.29, 0.717) is 24.3 Å². The smallest absolute Gasteiger partial charge is 0.372 e. The van der Waals surface area contributed by atoms with Crippen LogP contribution in [0.1, 0.15) is 22.4 Å². The third kappa shape index (κ3) is 5.34. The van der Waals surface area contributed by atoms with E-state index in [1.807, 2.05) is 84.9 Å². The first kappa shape index (κ1) is 24.5. The number of pyridine rings is 1. The highest BCUT2D eigenvalue weighted by Crippen LogP contribution is 2.37. The van der Waals surface area contributed by atoms with Crippen LogP contribution in [0.4, 0.5) is 18.9 Å². The maximum absolute atomic E-state index is 13.8. The van der Waals surface area contributed by atoms with Crippen molar-refractivity contribution < 1.29 is 13.2 Å². The van der Waals surface area contributed by atoms with E-state index >= 15 is 0 Å². The molecule has 5 rings (SSSR count). The van der Waals surface area contributed by atoms with Crippen LogP contribution in [0.5, 0.6) is 0 Å². The Balaban J connectivity index is 1.58. The van der Waals surface area contributed by atoms with Gasteiger partial charge >= 0.3 is 6.18 Å². The Morgan fingerprint density at radius 2 is 1.38 bits per heavy atom. The number of hydrogen-bond acceptors (Lipinski definition) is 3. The molecule has 0 aliphatic rings. The summed E-state index contributed by atoms with van der Waals surface area (Å²) in [4.78, 5) is 4.62. The lowest BCUT2D eigenvalue weighted by Crippen LogP contribution is -2.48. The molecule has 0 amide bonds. The van der Waals surface area contributed by atoms with Crippen LogP contribution in [0.2, 0.25) is 0 Å². The van der Waals surface area contributed by atoms with Crippen LogP contribution >= 0.6 is 0 Å². The van der Waals surface area contributed by atoms with Crippen molar-refractivity contribution >= 4 is 16.5 Å². The number of hydrogen-bond donors (Lipinski definition) is 2. The van der Waals surface area contributed by atoms with Gasteiger partial charge in [-0.1, -0.05) is 84.9 Å². The fourth-order valence-electron chi connectivity index (χ4n) is 4.74. The predicted octanol–water partition coefficient (Wildman–Crippen LogP) is 7.40. The van der Waals surface area contributed by atoms with Crippen LogP contribution in [0.15, 0.2) is 121 Å². The molecule has 37 heavy (non-hydrogen) atoms. The molecule has 4 aromatic carbocycles. The molecule has 0 spiro atoms. The normalized spacial score (nSPS) is 13.3. The summed E-state index contributed by atoms with van der Waals surface area (Å²) in [6.45, 7) is 0.299. The van der Waals surface area contributed by atoms with E-state index in [1.54, 1.807) is 18.3 Å². The van der Waals surface area contributed by atoms with Crippen molar-refractivity contribution in [2.75, 3.05) is 12.0 Å². The second-order valence-corrected chi connectivity index (χ2v) is 8.92. The minimum absolute atomic E-state index is 0.299. The number of nitrogens with one attached hydrogen (secondary N) is 2. The summed E-state index contributed by atoms with van der Waals surface area (Å²) < 4.78 is 41.3. The summed E-state index contributed by atoms with van der Waals surface area (Å²) in [5, 5.41) is 9.19. The maximum Gasteiger partial charge on any atom is 0.416 e. The zero-order valence-corrected chi connectivity index (χ0v) is 20.0. The van der Waals surface area contributed by atoms with Crippen molar-refractivity contribution in [1.82, 2.24) is 10.3 Å². The number of nitrogens with zero attached hydrogens (tertiary/aromatic N) is 1. The van der Waals surface area contributed by atoms with Gasteiger partial charge in [-0.25, -0.2) is 0 Å². The van der Waals surface area contributed by atoms with Gasteiger partial charge in [-0.2, -0.15) is 13.2 Å². The average molecular weight is 498 g/mol. The van der Waals surface area contributed by atoms with Crippen molar-refractivity contribution in [3.05, 3.63) is 144 Å². The van der Waals surface area contributed by atoms with E-state index < -0.39 is 17.3 Å². The molecule has 5 aromatic rings. The number of rotatable bonds is 8. The van der Waals surface area contributed by atoms with Gasteiger partial charge in [0, 0.05) is 23.7 Å². The van der Waals surface area contributed by atoms with Crippen LogP contribution in [0.25, 0.3) is 10.8 Å². The highest BCUT2D eigenvalue weighted by Gasteiger charge is 2.38. The Hall–Kier alpha value is -4.16. The number of benzene rings is 4. The maximum atomic E-state index is 13.8. The Morgan fingerprint density at radius 3 is 2.16 bits per heavy atom. The van der Waals surface area contributed by atoms with E-state index in [1.165, 1.54) is 12.1 Å². The van der Waals surface area contributed by atoms with Gasteiger partial charge in [0.25, 0.3) is 0 Å². The molecular formula is C31H26F3N3. The van der Waals surface area contributed by atoms with Crippen molar-refractivity contribution in [1.29, 1.82) is 0 Å². The molecule has 0 saturated carbocycles. The van der Waals surface area contributed by atoms with Gasteiger partial charge in [-0.3, -0.25) is 10.3 Å². The summed E-state index contributed by atoms with van der Waals surface area (Å²) in [6.07, 6.45) is -2.38. The zero-order valence-electron chi connectivity index (χ0n) is 20.0. The minimum atomic E-state index is -4.46. The van der Waals surface area contributed by atoms with Gasteiger partial charge < -0.3 is 5.32 Å². The third-order valence-electron chi connectivity index (χ3n) is 6.56. The molecule has 1 atom stereocenters. The van der Waals surface area contributed by atoms with Gasteiger partial charge in [0.1, 0.15) is 0 Å². The van der Waals surface area contributed by atoms with Gasteiger partial charge in [0.2, 0.25) is 0 Å². The minimum Gasteiger partial charge on any atom is -0.372 e. The van der Waals surface area contributed by atoms with Crippen LogP contribution in [0.3, 0.4) is 0 Å². The highest BCUT2D eigenvalue weighted by molar-refractivity contribution is 5.93. The molecule has 0 aliphatic carbocycles. The molecule has 1 unspecified atom stereocenters. The van der Waals surface area contributed by atoms with Crippen LogP contribution < -0.4 is 10.6 Å². The number of fused-ring (bicyclic) bond motifs is 1. The number of alkyl halides is 3. The second-order valence-electron chi connectivity index (χ2n) is 8.92. The van der Waals surface area contributed by atoms with Crippen LogP contribution in [0, 0.1) is 0 Å². The van der Waals surface area contributed by atoms with E-state index in [2.05, 4.69) is 15.6 Å². The van der Waals surface area contributed by atoms with Crippen LogP contribution in [-0.4, -0.2) is 11.7 Å². The molecule has 2 N–H and O–H groups in total. The van der Waals surface area contributed by atoms with E-state index in [4.69, 9.17) is 0 Å². The van der Waals surface area contributed by atoms with E-state index in [0.717, 1.165) is 28.1 Å². The van der Waals surface area contributed by atoms with E-state index in [-0.39, 0.29) is 0 Å². The highest BCUT2D eigenvalue weighted by atomic mass is 19.4. The molecule has 0 radical (unpaired) electrons. The molecule has 186 valence electrons. The standard InChI is InChI=1S/C31H26F3N3/c32-31(33,34)26-15-9-14-25(20-26)30(29-18-6-7-19-35-29,21-23-10-2-1-3-11-23)37-22-36-28-17-8-13-24-12-4-5-16-27(24)28/h1-20,36-37H,21-22H2. The monoisotopic (exact) mass is 497 g/mol. The Bertz CT molecular complexity index is 1460. The Labute approximate surface area is 214 Å². The molecular weight excluding hydrogens is 471 g/mol. The third-order valence-corrected chi connectivity index (χ3v) is 6.56. The van der Waals surface area contributed by atoms with Gasteiger partial charge in [0.05, 0.1) is 23.5 Å². The van der Waals surface area contributed by atoms with Crippen molar-refractivity contribution in [3.63, 3.8) is 0 Å². The quantitative estimate of drug-likeness (QED) is 0.219. The predicted molar refractivity (Wildman–Crippen MR) is 142 cm³/mol. The molecule has 0 saturated heterocycles. The largest absolute Gasteiger partial charge is 0.416 e. The number of halogens is 3. The molecule has 0 fully saturated rings. The molecule has 6 heteroatoms. The SMILES string of the molecule is FC(F)(F)c1cccc(C(Cc2ccccc2)(NCNc2cccc3ccccc23)c2ccccn2)c1. The first-order chi connectivity index (χ1) is 18.0. The first-order valence-corrected chi connectivity index (χ1v) is 12.1. The van der Waals surface area contributed by atoms with Crippen molar-refractivity contribution in [3.8, 4) is 0 Å². The molecule has 1 heterocycles. The summed E-state index contributed by atoms with van der Waals surface area (Å²) in [5.41, 5.74) is 1.32. The van der Waals surface area contributed by atoms with E-state index in [9.17, 15) is 13.2 Å². The Kier molecular flexibility index (Phi) is 6.93. The van der Waals surface area contributed by atoms with Gasteiger partial charge in [-0.15, -0.1) is 0 Å². The lowest BCUT2D eigenvalue weighted by atomic mass is 9.80. The fraction of sp³-hybridized carbons (Fsp3) is 0.129. The summed E-state index contributed by atoms with van der Waals surface area (Å²) in [5.74, 6) is 0. The van der Waals surface area contributed by atoms with Crippen molar-refractivity contribution in [2.45, 2.75) is 18.1 Å².